The molecule has 1 aliphatic rings. The molecule has 0 spiro atoms. The van der Waals surface area contributed by atoms with Crippen LogP contribution in [0.5, 0.6) is 5.75 Å². The largest absolute Gasteiger partial charge is 0.477 e. The molecule has 102 valence electrons. The molecule has 0 aromatic heterocycles. The molecular formula is C13H17N3O3. The molecule has 6 nitrogen and oxygen atoms in total. The number of para-hydroxylation sites is 2. The Balaban J connectivity index is 1.89. The van der Waals surface area contributed by atoms with Gasteiger partial charge in [0.15, 0.2) is 6.10 Å². The normalized spacial score (nSPS) is 16.9. The number of carbonyl (C=O) groups is 2. The molecule has 0 saturated carbocycles. The Labute approximate surface area is 111 Å². The average molecular weight is 263 g/mol. The van der Waals surface area contributed by atoms with Crippen molar-refractivity contribution in [3.63, 3.8) is 0 Å². The van der Waals surface area contributed by atoms with E-state index in [-0.39, 0.29) is 18.5 Å². The van der Waals surface area contributed by atoms with E-state index < -0.39 is 6.10 Å². The van der Waals surface area contributed by atoms with Crippen molar-refractivity contribution in [1.82, 2.24) is 10.6 Å². The third-order valence-electron chi connectivity index (χ3n) is 2.69. The summed E-state index contributed by atoms with van der Waals surface area (Å²) in [6.07, 6.45) is 0.156. The Morgan fingerprint density at radius 3 is 2.95 bits per heavy atom. The van der Waals surface area contributed by atoms with Gasteiger partial charge in [-0.05, 0) is 18.6 Å². The van der Waals surface area contributed by atoms with Crippen LogP contribution < -0.4 is 20.7 Å². The number of nitrogens with one attached hydrogen (secondary N) is 3. The predicted octanol–water partition coefficient (Wildman–Crippen LogP) is 1.10. The predicted molar refractivity (Wildman–Crippen MR) is 71.2 cm³/mol. The van der Waals surface area contributed by atoms with Crippen LogP contribution in [0.4, 0.5) is 10.5 Å². The molecule has 1 aromatic rings. The van der Waals surface area contributed by atoms with E-state index in [1.807, 2.05) is 19.1 Å². The first-order valence-corrected chi connectivity index (χ1v) is 6.29. The molecule has 0 bridgehead atoms. The monoisotopic (exact) mass is 263 g/mol. The van der Waals surface area contributed by atoms with Gasteiger partial charge in [-0.25, -0.2) is 4.79 Å². The Morgan fingerprint density at radius 2 is 2.16 bits per heavy atom. The van der Waals surface area contributed by atoms with E-state index in [2.05, 4.69) is 16.0 Å². The fourth-order valence-corrected chi connectivity index (χ4v) is 1.71. The SMILES string of the molecule is CCCNC(=O)NCC1Oc2ccccc2NC1=O. The number of fused-ring (bicyclic) bond motifs is 1. The first kappa shape index (κ1) is 13.2. The average Bonchev–Trinajstić information content (AvgIpc) is 2.42. The van der Waals surface area contributed by atoms with Crippen LogP contribution >= 0.6 is 0 Å². The van der Waals surface area contributed by atoms with Gasteiger partial charge >= 0.3 is 6.03 Å². The van der Waals surface area contributed by atoms with E-state index in [0.29, 0.717) is 18.0 Å². The number of hydrogen-bond acceptors (Lipinski definition) is 3. The molecule has 1 unspecified atom stereocenters. The Morgan fingerprint density at radius 1 is 1.37 bits per heavy atom. The minimum atomic E-state index is -0.706. The van der Waals surface area contributed by atoms with Gasteiger partial charge in [-0.2, -0.15) is 0 Å². The standard InChI is InChI=1S/C13H17N3O3/c1-2-7-14-13(18)15-8-11-12(17)16-9-5-3-4-6-10(9)19-11/h3-6,11H,2,7-8H2,1H3,(H,16,17)(H2,14,15,18). The fourth-order valence-electron chi connectivity index (χ4n) is 1.71. The molecule has 2 rings (SSSR count). The zero-order valence-corrected chi connectivity index (χ0v) is 10.7. The van der Waals surface area contributed by atoms with Crippen molar-refractivity contribution in [3.8, 4) is 5.75 Å². The van der Waals surface area contributed by atoms with Gasteiger partial charge in [0.05, 0.1) is 12.2 Å². The molecule has 0 radical (unpaired) electrons. The lowest BCUT2D eigenvalue weighted by Gasteiger charge is -2.25. The van der Waals surface area contributed by atoms with Crippen LogP contribution in [0.25, 0.3) is 0 Å². The number of urea groups is 1. The van der Waals surface area contributed by atoms with Crippen molar-refractivity contribution in [2.24, 2.45) is 0 Å². The highest BCUT2D eigenvalue weighted by Gasteiger charge is 2.27. The van der Waals surface area contributed by atoms with Gasteiger partial charge in [-0.3, -0.25) is 4.79 Å². The Kier molecular flexibility index (Phi) is 4.22. The highest BCUT2D eigenvalue weighted by molar-refractivity contribution is 5.98. The minimum absolute atomic E-state index is 0.135. The zero-order valence-electron chi connectivity index (χ0n) is 10.7. The number of anilines is 1. The third-order valence-corrected chi connectivity index (χ3v) is 2.69. The van der Waals surface area contributed by atoms with Crippen molar-refractivity contribution in [2.45, 2.75) is 19.4 Å². The summed E-state index contributed by atoms with van der Waals surface area (Å²) in [7, 11) is 0. The molecule has 0 fully saturated rings. The molecule has 3 N–H and O–H groups in total. The summed E-state index contributed by atoms with van der Waals surface area (Å²) in [6, 6.07) is 6.90. The Hall–Kier alpha value is -2.24. The molecule has 0 saturated heterocycles. The van der Waals surface area contributed by atoms with Crippen molar-refractivity contribution >= 4 is 17.6 Å². The second kappa shape index (κ2) is 6.08. The molecule has 1 aliphatic heterocycles. The maximum Gasteiger partial charge on any atom is 0.314 e. The Bertz CT molecular complexity index is 476. The molecule has 1 heterocycles. The van der Waals surface area contributed by atoms with Crippen LogP contribution in [-0.4, -0.2) is 31.1 Å². The van der Waals surface area contributed by atoms with Crippen LogP contribution in [0.2, 0.25) is 0 Å². The van der Waals surface area contributed by atoms with E-state index in [4.69, 9.17) is 4.74 Å². The van der Waals surface area contributed by atoms with Crippen molar-refractivity contribution in [1.29, 1.82) is 0 Å². The first-order valence-electron chi connectivity index (χ1n) is 6.29. The summed E-state index contributed by atoms with van der Waals surface area (Å²) in [5.41, 5.74) is 0.652. The summed E-state index contributed by atoms with van der Waals surface area (Å²) in [5.74, 6) is 0.359. The van der Waals surface area contributed by atoms with Gasteiger partial charge in [0.1, 0.15) is 5.75 Å². The molecule has 1 aromatic carbocycles. The van der Waals surface area contributed by atoms with Gasteiger partial charge < -0.3 is 20.7 Å². The van der Waals surface area contributed by atoms with Crippen LogP contribution in [0.3, 0.4) is 0 Å². The van der Waals surface area contributed by atoms with Crippen molar-refractivity contribution in [2.75, 3.05) is 18.4 Å². The van der Waals surface area contributed by atoms with Crippen molar-refractivity contribution in [3.05, 3.63) is 24.3 Å². The third kappa shape index (κ3) is 3.37. The fraction of sp³-hybridized carbons (Fsp3) is 0.385. The number of amides is 3. The number of carbonyl (C=O) groups excluding carboxylic acids is 2. The number of rotatable bonds is 4. The van der Waals surface area contributed by atoms with Gasteiger partial charge in [0.2, 0.25) is 0 Å². The molecule has 6 heteroatoms. The number of hydrogen-bond donors (Lipinski definition) is 3. The number of benzene rings is 1. The van der Waals surface area contributed by atoms with Crippen molar-refractivity contribution < 1.29 is 14.3 Å². The van der Waals surface area contributed by atoms with E-state index in [1.54, 1.807) is 12.1 Å². The lowest BCUT2D eigenvalue weighted by molar-refractivity contribution is -0.123. The lowest BCUT2D eigenvalue weighted by atomic mass is 10.2. The number of ether oxygens (including phenoxy) is 1. The maximum absolute atomic E-state index is 11.8. The van der Waals surface area contributed by atoms with Crippen LogP contribution in [0, 0.1) is 0 Å². The van der Waals surface area contributed by atoms with Crippen LogP contribution in [0.15, 0.2) is 24.3 Å². The van der Waals surface area contributed by atoms with E-state index in [9.17, 15) is 9.59 Å². The maximum atomic E-state index is 11.8. The lowest BCUT2D eigenvalue weighted by Crippen LogP contribution is -2.47. The second-order valence-corrected chi connectivity index (χ2v) is 4.23. The minimum Gasteiger partial charge on any atom is -0.477 e. The molecule has 0 aliphatic carbocycles. The van der Waals surface area contributed by atoms with Crippen LogP contribution in [0.1, 0.15) is 13.3 Å². The summed E-state index contributed by atoms with van der Waals surface area (Å²) in [6.45, 7) is 2.71. The quantitative estimate of drug-likeness (QED) is 0.761. The van der Waals surface area contributed by atoms with E-state index in [0.717, 1.165) is 6.42 Å². The molecular weight excluding hydrogens is 246 g/mol. The van der Waals surface area contributed by atoms with Crippen LogP contribution in [-0.2, 0) is 4.79 Å². The first-order chi connectivity index (χ1) is 9.20. The zero-order chi connectivity index (χ0) is 13.7. The molecule has 19 heavy (non-hydrogen) atoms. The second-order valence-electron chi connectivity index (χ2n) is 4.23. The van der Waals surface area contributed by atoms with Gasteiger partial charge in [0, 0.05) is 6.54 Å². The summed E-state index contributed by atoms with van der Waals surface area (Å²) in [4.78, 5) is 23.2. The summed E-state index contributed by atoms with van der Waals surface area (Å²) >= 11 is 0. The van der Waals surface area contributed by atoms with E-state index >= 15 is 0 Å². The highest BCUT2D eigenvalue weighted by Crippen LogP contribution is 2.28. The van der Waals surface area contributed by atoms with Gasteiger partial charge in [-0.15, -0.1) is 0 Å². The highest BCUT2D eigenvalue weighted by atomic mass is 16.5. The molecule has 1 atom stereocenters. The summed E-state index contributed by atoms with van der Waals surface area (Å²) < 4.78 is 5.54. The topological polar surface area (TPSA) is 79.5 Å². The summed E-state index contributed by atoms with van der Waals surface area (Å²) in [5, 5.41) is 8.02. The van der Waals surface area contributed by atoms with E-state index in [1.165, 1.54) is 0 Å². The smallest absolute Gasteiger partial charge is 0.314 e. The van der Waals surface area contributed by atoms with Gasteiger partial charge in [-0.1, -0.05) is 19.1 Å². The molecule has 3 amide bonds. The van der Waals surface area contributed by atoms with Gasteiger partial charge in [0.25, 0.3) is 5.91 Å².